The average Bonchev–Trinajstić information content (AvgIpc) is 3.30. The Morgan fingerprint density at radius 3 is 1.55 bits per heavy atom. The van der Waals surface area contributed by atoms with Crippen LogP contribution >= 0.6 is 0 Å². The fourth-order valence-corrected chi connectivity index (χ4v) is 7.26. The number of rotatable bonds is 11. The standard InChI is InChI=1S/C21H28FN7O2.C15H16FN5O2.C6H14N2O.Na/c1-27-10-11-31-18(14-27)12-23-20(30)15-28-6-8-29(9-7-28)21-25-19(13-24-26-21)16-2-4-17(22)5-3-16;16-12-3-1-11(2-4-12)13-9-17-19-15(18-13)21-7-5-20(6-8-21)10-14(22)23;1-8-2-3-9-6(4-7)5-8;/h2-5,13,18H,6-12,14-15H2,1H3,(H,23,30);1-4,9H,5-8,10H2,(H,22,23);6H,2-5,7H2,1H3;/q;;;+1/p-1. The number of halogens is 2. The molecule has 340 valence electrons. The number of nitrogens with zero attached hydrogens (tertiary/aromatic N) is 12. The number of hydrogen-bond donors (Lipinski definition) is 2. The summed E-state index contributed by atoms with van der Waals surface area (Å²) in [6.07, 6.45) is 3.43. The number of piperazine rings is 2. The van der Waals surface area contributed by atoms with Gasteiger partial charge in [-0.3, -0.25) is 14.6 Å². The van der Waals surface area contributed by atoms with Gasteiger partial charge < -0.3 is 50.0 Å². The summed E-state index contributed by atoms with van der Waals surface area (Å²) in [7, 11) is 4.15. The quantitative estimate of drug-likeness (QED) is 0.138. The molecule has 64 heavy (non-hydrogen) atoms. The van der Waals surface area contributed by atoms with Crippen molar-refractivity contribution in [1.29, 1.82) is 0 Å². The molecule has 0 aliphatic carbocycles. The molecule has 4 aliphatic heterocycles. The van der Waals surface area contributed by atoms with Crippen LogP contribution in [0.4, 0.5) is 20.7 Å². The summed E-state index contributed by atoms with van der Waals surface area (Å²) in [4.78, 5) is 44.4. The van der Waals surface area contributed by atoms with E-state index in [0.717, 1.165) is 57.0 Å². The Labute approximate surface area is 394 Å². The first-order valence-electron chi connectivity index (χ1n) is 21.1. The molecule has 0 saturated carbocycles. The zero-order chi connectivity index (χ0) is 44.6. The number of ether oxygens (including phenoxy) is 2. The van der Waals surface area contributed by atoms with Gasteiger partial charge in [0.1, 0.15) is 11.6 Å². The maximum Gasteiger partial charge on any atom is 1.00 e. The van der Waals surface area contributed by atoms with Gasteiger partial charge in [0.25, 0.3) is 0 Å². The van der Waals surface area contributed by atoms with Crippen molar-refractivity contribution in [2.75, 3.05) is 142 Å². The van der Waals surface area contributed by atoms with Gasteiger partial charge in [0, 0.05) is 109 Å². The van der Waals surface area contributed by atoms with Crippen LogP contribution < -0.4 is 55.5 Å². The largest absolute Gasteiger partial charge is 1.00 e. The number of likely N-dealkylation sites (N-methyl/N-ethyl adjacent to an activating group) is 2. The maximum absolute atomic E-state index is 13.2. The van der Waals surface area contributed by atoms with Crippen LogP contribution in [0.25, 0.3) is 22.5 Å². The van der Waals surface area contributed by atoms with E-state index in [0.29, 0.717) is 88.8 Å². The van der Waals surface area contributed by atoms with Gasteiger partial charge in [-0.15, -0.1) is 10.2 Å². The normalized spacial score (nSPS) is 19.9. The van der Waals surface area contributed by atoms with E-state index in [1.54, 1.807) is 30.5 Å². The van der Waals surface area contributed by atoms with Crippen LogP contribution in [-0.2, 0) is 19.1 Å². The van der Waals surface area contributed by atoms with E-state index in [-0.39, 0.29) is 65.9 Å². The predicted octanol–water partition coefficient (Wildman–Crippen LogP) is -3.92. The summed E-state index contributed by atoms with van der Waals surface area (Å²) in [5.41, 5.74) is 8.24. The third kappa shape index (κ3) is 16.2. The molecular formula is C42H57F2N14NaO5. The van der Waals surface area contributed by atoms with Crippen molar-refractivity contribution in [1.82, 2.24) is 55.3 Å². The van der Waals surface area contributed by atoms with Crippen molar-refractivity contribution in [3.05, 3.63) is 72.6 Å². The molecule has 6 heterocycles. The number of carboxylic acid groups (broad SMARTS) is 1. The number of aromatic nitrogens is 6. The average molecular weight is 899 g/mol. The van der Waals surface area contributed by atoms with Crippen LogP contribution in [0.2, 0.25) is 0 Å². The number of morpholine rings is 2. The first kappa shape index (κ1) is 50.6. The Morgan fingerprint density at radius 2 is 1.12 bits per heavy atom. The number of aliphatic carboxylic acids is 1. The van der Waals surface area contributed by atoms with Crippen LogP contribution in [-0.4, -0.2) is 206 Å². The predicted molar refractivity (Wildman–Crippen MR) is 229 cm³/mol. The minimum Gasteiger partial charge on any atom is -0.549 e. The molecule has 2 aromatic heterocycles. The van der Waals surface area contributed by atoms with Gasteiger partial charge in [0.15, 0.2) is 0 Å². The van der Waals surface area contributed by atoms with Crippen molar-refractivity contribution in [2.45, 2.75) is 12.2 Å². The fraction of sp³-hybridized carbons (Fsp3) is 0.524. The Balaban J connectivity index is 0.000000204. The number of carbonyl (C=O) groups excluding carboxylic acids is 2. The molecule has 19 nitrogen and oxygen atoms in total. The van der Waals surface area contributed by atoms with Crippen molar-refractivity contribution >= 4 is 23.8 Å². The number of carboxylic acids is 1. The second-order valence-electron chi connectivity index (χ2n) is 15.7. The SMILES string of the molecule is CN1CCOC(CN)C1.CN1CCOC(CNC(=O)CN2CCN(c3nncc(-c4ccc(F)cc4)n3)CC2)C1.O=C([O-])CN1CCN(c2nncc(-c3ccc(F)cc3)n2)CC1.[Na+]. The van der Waals surface area contributed by atoms with Crippen LogP contribution in [0.3, 0.4) is 0 Å². The van der Waals surface area contributed by atoms with E-state index in [4.69, 9.17) is 15.2 Å². The van der Waals surface area contributed by atoms with Gasteiger partial charge in [-0.1, -0.05) is 0 Å². The molecule has 2 atom stereocenters. The molecule has 4 aromatic rings. The number of carbonyl (C=O) groups is 2. The zero-order valence-electron chi connectivity index (χ0n) is 36.9. The van der Waals surface area contributed by atoms with E-state index >= 15 is 0 Å². The van der Waals surface area contributed by atoms with E-state index in [9.17, 15) is 23.5 Å². The number of anilines is 2. The van der Waals surface area contributed by atoms with Gasteiger partial charge in [-0.25, -0.2) is 18.7 Å². The Morgan fingerprint density at radius 1 is 0.688 bits per heavy atom. The molecule has 22 heteroatoms. The van der Waals surface area contributed by atoms with Crippen molar-refractivity contribution in [3.63, 3.8) is 0 Å². The molecule has 2 aromatic carbocycles. The van der Waals surface area contributed by atoms with Crippen LogP contribution in [0.15, 0.2) is 60.9 Å². The smallest absolute Gasteiger partial charge is 0.549 e. The molecule has 2 unspecified atom stereocenters. The third-order valence-electron chi connectivity index (χ3n) is 10.9. The number of nitrogens with two attached hydrogens (primary N) is 1. The second-order valence-corrected chi connectivity index (χ2v) is 15.7. The molecule has 3 N–H and O–H groups in total. The second kappa shape index (κ2) is 25.9. The van der Waals surface area contributed by atoms with Gasteiger partial charge in [-0.2, -0.15) is 10.2 Å². The minimum atomic E-state index is -1.07. The first-order chi connectivity index (χ1) is 30.5. The Hall–Kier alpha value is -4.42. The molecular weight excluding hydrogens is 842 g/mol. The summed E-state index contributed by atoms with van der Waals surface area (Å²) in [5.74, 6) is -0.620. The molecule has 1 amide bonds. The zero-order valence-corrected chi connectivity index (χ0v) is 38.9. The third-order valence-corrected chi connectivity index (χ3v) is 10.9. The van der Waals surface area contributed by atoms with Crippen molar-refractivity contribution in [2.24, 2.45) is 5.73 Å². The van der Waals surface area contributed by atoms with E-state index in [1.807, 2.05) is 9.80 Å². The molecule has 0 radical (unpaired) electrons. The molecule has 4 aliphatic rings. The molecule has 0 bridgehead atoms. The fourth-order valence-electron chi connectivity index (χ4n) is 7.26. The summed E-state index contributed by atoms with van der Waals surface area (Å²) < 4.78 is 37.2. The first-order valence-corrected chi connectivity index (χ1v) is 21.1. The van der Waals surface area contributed by atoms with Crippen LogP contribution in [0, 0.1) is 11.6 Å². The Bertz CT molecular complexity index is 2030. The van der Waals surface area contributed by atoms with Crippen molar-refractivity contribution < 1.29 is 62.5 Å². The van der Waals surface area contributed by atoms with E-state index in [1.165, 1.54) is 30.5 Å². The molecule has 0 spiro atoms. The van der Waals surface area contributed by atoms with Gasteiger partial charge in [-0.05, 0) is 62.6 Å². The van der Waals surface area contributed by atoms with E-state index < -0.39 is 5.97 Å². The number of amides is 1. The van der Waals surface area contributed by atoms with Gasteiger partial charge in [0.2, 0.25) is 17.8 Å². The monoisotopic (exact) mass is 898 g/mol. The summed E-state index contributed by atoms with van der Waals surface area (Å²) in [5, 5.41) is 29.8. The van der Waals surface area contributed by atoms with E-state index in [2.05, 4.69) is 69.4 Å². The maximum atomic E-state index is 13.2. The van der Waals surface area contributed by atoms with Crippen molar-refractivity contribution in [3.8, 4) is 22.5 Å². The molecule has 8 rings (SSSR count). The number of nitrogens with one attached hydrogen (secondary N) is 1. The van der Waals surface area contributed by atoms with Gasteiger partial charge >= 0.3 is 29.6 Å². The summed E-state index contributed by atoms with van der Waals surface area (Å²) in [6, 6.07) is 12.2. The topological polar surface area (TPSA) is 210 Å². The minimum absolute atomic E-state index is 0. The Kier molecular flexibility index (Phi) is 20.5. The summed E-state index contributed by atoms with van der Waals surface area (Å²) in [6.45, 7) is 12.1. The summed E-state index contributed by atoms with van der Waals surface area (Å²) >= 11 is 0. The van der Waals surface area contributed by atoms with Crippen LogP contribution in [0.1, 0.15) is 0 Å². The van der Waals surface area contributed by atoms with Crippen LogP contribution in [0.5, 0.6) is 0 Å². The molecule has 4 fully saturated rings. The number of benzene rings is 2. The van der Waals surface area contributed by atoms with Gasteiger partial charge in [0.05, 0.1) is 61.7 Å². The molecule has 4 saturated heterocycles. The number of hydrogen-bond acceptors (Lipinski definition) is 18.